The average Bonchev–Trinajstić information content (AvgIpc) is 2.60. The molecule has 4 bridgehead atoms. The molecule has 0 heterocycles. The van der Waals surface area contributed by atoms with Gasteiger partial charge in [0.1, 0.15) is 0 Å². The van der Waals surface area contributed by atoms with Crippen LogP contribution < -0.4 is 0 Å². The van der Waals surface area contributed by atoms with Crippen LogP contribution in [0.1, 0.15) is 44.9 Å². The van der Waals surface area contributed by atoms with Crippen LogP contribution in [-0.4, -0.2) is 10.7 Å². The Morgan fingerprint density at radius 1 is 0.857 bits per heavy atom. The zero-order chi connectivity index (χ0) is 9.34. The topological polar surface area (TPSA) is 20.2 Å². The molecule has 1 N–H and O–H groups in total. The van der Waals surface area contributed by atoms with Gasteiger partial charge in [-0.3, -0.25) is 0 Å². The fraction of sp³-hybridized carbons (Fsp3) is 1.00. The Morgan fingerprint density at radius 2 is 1.50 bits per heavy atom. The molecule has 0 aromatic carbocycles. The highest BCUT2D eigenvalue weighted by Gasteiger charge is 2.76. The fourth-order valence-electron chi connectivity index (χ4n) is 5.35. The Kier molecular flexibility index (Phi) is 1.38. The van der Waals surface area contributed by atoms with E-state index in [1.807, 2.05) is 0 Å². The third-order valence-corrected chi connectivity index (χ3v) is 5.89. The molecule has 0 spiro atoms. The van der Waals surface area contributed by atoms with Crippen LogP contribution in [0.25, 0.3) is 0 Å². The van der Waals surface area contributed by atoms with E-state index in [2.05, 4.69) is 0 Å². The van der Waals surface area contributed by atoms with Crippen molar-refractivity contribution in [2.75, 3.05) is 0 Å². The molecule has 0 aromatic rings. The molecule has 0 radical (unpaired) electrons. The van der Waals surface area contributed by atoms with Crippen molar-refractivity contribution in [3.05, 3.63) is 0 Å². The van der Waals surface area contributed by atoms with E-state index in [1.54, 1.807) is 0 Å². The first-order chi connectivity index (χ1) is 6.82. The summed E-state index contributed by atoms with van der Waals surface area (Å²) in [6.07, 6.45) is 9.56. The van der Waals surface area contributed by atoms with E-state index < -0.39 is 0 Å². The summed E-state index contributed by atoms with van der Waals surface area (Å²) in [5.74, 6) is 4.09. The lowest BCUT2D eigenvalue weighted by Crippen LogP contribution is -2.42. The van der Waals surface area contributed by atoms with Gasteiger partial charge in [0.05, 0.1) is 5.60 Å². The second-order valence-corrected chi connectivity index (χ2v) is 6.24. The lowest BCUT2D eigenvalue weighted by atomic mass is 9.72. The predicted molar refractivity (Wildman–Crippen MR) is 54.7 cm³/mol. The third-order valence-electron chi connectivity index (χ3n) is 5.89. The van der Waals surface area contributed by atoms with E-state index in [0.717, 1.165) is 17.8 Å². The Bertz CT molecular complexity index is 252. The van der Waals surface area contributed by atoms with E-state index >= 15 is 0 Å². The van der Waals surface area contributed by atoms with Crippen molar-refractivity contribution in [3.8, 4) is 0 Å². The number of hydrogen-bond acceptors (Lipinski definition) is 1. The van der Waals surface area contributed by atoms with Crippen LogP contribution in [-0.2, 0) is 0 Å². The summed E-state index contributed by atoms with van der Waals surface area (Å²) in [5, 5.41) is 10.9. The van der Waals surface area contributed by atoms with E-state index in [9.17, 15) is 5.11 Å². The molecule has 5 fully saturated rings. The predicted octanol–water partition coefficient (Wildman–Crippen LogP) is 2.58. The van der Waals surface area contributed by atoms with Crippen LogP contribution in [0.2, 0.25) is 0 Å². The van der Waals surface area contributed by atoms with E-state index in [4.69, 9.17) is 0 Å². The van der Waals surface area contributed by atoms with Gasteiger partial charge >= 0.3 is 0 Å². The molecule has 0 amide bonds. The molecular weight excluding hydrogens is 172 g/mol. The van der Waals surface area contributed by atoms with Crippen LogP contribution in [0.15, 0.2) is 0 Å². The summed E-state index contributed by atoms with van der Waals surface area (Å²) in [6, 6.07) is 0. The first kappa shape index (κ1) is 8.15. The van der Waals surface area contributed by atoms with Gasteiger partial charge < -0.3 is 5.11 Å². The molecule has 3 unspecified atom stereocenters. The standard InChI is InChI=1S/C13H20O/c14-13(8-4-2-1-3-5-8)9-6-10-11(7-9)12(10)13/h8-12,14H,1-7H2. The first-order valence-corrected chi connectivity index (χ1v) is 6.54. The lowest BCUT2D eigenvalue weighted by molar-refractivity contribution is -0.0652. The monoisotopic (exact) mass is 192 g/mol. The molecule has 3 atom stereocenters. The van der Waals surface area contributed by atoms with Crippen molar-refractivity contribution in [2.24, 2.45) is 29.6 Å². The molecule has 14 heavy (non-hydrogen) atoms. The van der Waals surface area contributed by atoms with Crippen molar-refractivity contribution in [1.82, 2.24) is 0 Å². The molecule has 5 rings (SSSR count). The van der Waals surface area contributed by atoms with Gasteiger partial charge in [-0.15, -0.1) is 0 Å². The summed E-state index contributed by atoms with van der Waals surface area (Å²) in [6.45, 7) is 0. The molecule has 78 valence electrons. The average molecular weight is 192 g/mol. The van der Waals surface area contributed by atoms with Crippen molar-refractivity contribution in [1.29, 1.82) is 0 Å². The maximum Gasteiger partial charge on any atom is 0.0737 e. The molecule has 1 nitrogen and oxygen atoms in total. The Balaban J connectivity index is 1.64. The first-order valence-electron chi connectivity index (χ1n) is 6.54. The molecule has 0 saturated heterocycles. The summed E-state index contributed by atoms with van der Waals surface area (Å²) >= 11 is 0. The maximum absolute atomic E-state index is 10.9. The molecular formula is C13H20O. The SMILES string of the molecule is OC1(C2CCCCC2)C2CC3C(C2)C31. The fourth-order valence-corrected chi connectivity index (χ4v) is 5.35. The summed E-state index contributed by atoms with van der Waals surface area (Å²) < 4.78 is 0. The minimum atomic E-state index is -0.171. The number of aliphatic hydroxyl groups is 1. The molecule has 0 aliphatic heterocycles. The maximum atomic E-state index is 10.9. The van der Waals surface area contributed by atoms with Gasteiger partial charge in [0, 0.05) is 0 Å². The smallest absolute Gasteiger partial charge is 0.0737 e. The minimum Gasteiger partial charge on any atom is -0.389 e. The Hall–Kier alpha value is -0.0400. The summed E-state index contributed by atoms with van der Waals surface area (Å²) in [7, 11) is 0. The van der Waals surface area contributed by atoms with Crippen molar-refractivity contribution < 1.29 is 5.11 Å². The highest BCUT2D eigenvalue weighted by Crippen LogP contribution is 2.77. The van der Waals surface area contributed by atoms with Crippen molar-refractivity contribution in [2.45, 2.75) is 50.5 Å². The van der Waals surface area contributed by atoms with E-state index in [-0.39, 0.29) is 5.60 Å². The zero-order valence-corrected chi connectivity index (χ0v) is 8.78. The normalized spacial score (nSPS) is 60.6. The number of hydrogen-bond donors (Lipinski definition) is 1. The van der Waals surface area contributed by atoms with Crippen LogP contribution in [0, 0.1) is 29.6 Å². The molecule has 5 aliphatic carbocycles. The van der Waals surface area contributed by atoms with Gasteiger partial charge in [-0.1, -0.05) is 19.3 Å². The van der Waals surface area contributed by atoms with Crippen molar-refractivity contribution in [3.63, 3.8) is 0 Å². The summed E-state index contributed by atoms with van der Waals surface area (Å²) in [4.78, 5) is 0. The zero-order valence-electron chi connectivity index (χ0n) is 8.78. The van der Waals surface area contributed by atoms with Gasteiger partial charge in [0.2, 0.25) is 0 Å². The van der Waals surface area contributed by atoms with Crippen LogP contribution in [0.3, 0.4) is 0 Å². The summed E-state index contributed by atoms with van der Waals surface area (Å²) in [5.41, 5.74) is -0.171. The quantitative estimate of drug-likeness (QED) is 0.677. The molecule has 5 saturated carbocycles. The van der Waals surface area contributed by atoms with Gasteiger partial charge in [-0.25, -0.2) is 0 Å². The molecule has 1 heteroatoms. The van der Waals surface area contributed by atoms with Gasteiger partial charge in [0.25, 0.3) is 0 Å². The van der Waals surface area contributed by atoms with Crippen LogP contribution in [0.5, 0.6) is 0 Å². The van der Waals surface area contributed by atoms with E-state index in [0.29, 0.717) is 11.8 Å². The third kappa shape index (κ3) is 0.743. The lowest BCUT2D eigenvalue weighted by Gasteiger charge is -2.38. The van der Waals surface area contributed by atoms with Gasteiger partial charge in [-0.05, 0) is 55.3 Å². The largest absolute Gasteiger partial charge is 0.389 e. The van der Waals surface area contributed by atoms with Gasteiger partial charge in [-0.2, -0.15) is 0 Å². The highest BCUT2D eigenvalue weighted by atomic mass is 16.3. The van der Waals surface area contributed by atoms with Crippen molar-refractivity contribution >= 4 is 0 Å². The van der Waals surface area contributed by atoms with E-state index in [1.165, 1.54) is 44.9 Å². The Labute approximate surface area is 85.9 Å². The minimum absolute atomic E-state index is 0.171. The van der Waals surface area contributed by atoms with Crippen LogP contribution in [0.4, 0.5) is 0 Å². The van der Waals surface area contributed by atoms with Gasteiger partial charge in [0.15, 0.2) is 0 Å². The number of rotatable bonds is 1. The Morgan fingerprint density at radius 3 is 2.00 bits per heavy atom. The molecule has 5 aliphatic rings. The molecule has 0 aromatic heterocycles. The van der Waals surface area contributed by atoms with Crippen LogP contribution >= 0.6 is 0 Å². The second-order valence-electron chi connectivity index (χ2n) is 6.24. The second kappa shape index (κ2) is 2.37. The highest BCUT2D eigenvalue weighted by molar-refractivity contribution is 5.25.